The second-order valence-electron chi connectivity index (χ2n) is 6.70. The predicted molar refractivity (Wildman–Crippen MR) is 92.8 cm³/mol. The molecule has 0 unspecified atom stereocenters. The first-order valence-corrected chi connectivity index (χ1v) is 8.56. The van der Waals surface area contributed by atoms with Crippen LogP contribution in [0, 0.1) is 5.92 Å². The molecular weight excluding hydrogens is 340 g/mol. The van der Waals surface area contributed by atoms with Gasteiger partial charge in [-0.2, -0.15) is 0 Å². The normalized spacial score (nSPS) is 23.2. The van der Waals surface area contributed by atoms with Gasteiger partial charge < -0.3 is 24.2 Å². The molecule has 2 aliphatic heterocycles. The number of carbonyl (C=O) groups is 2. The molecule has 3 rings (SSSR count). The number of nitrogens with zero attached hydrogens (tertiary/aromatic N) is 2. The van der Waals surface area contributed by atoms with Crippen LogP contribution in [0.3, 0.4) is 0 Å². The van der Waals surface area contributed by atoms with Gasteiger partial charge in [-0.3, -0.25) is 14.5 Å². The van der Waals surface area contributed by atoms with Crippen LogP contribution in [0.5, 0.6) is 11.5 Å². The van der Waals surface area contributed by atoms with E-state index in [0.29, 0.717) is 49.9 Å². The first kappa shape index (κ1) is 18.5. The van der Waals surface area contributed by atoms with Crippen molar-refractivity contribution in [2.75, 3.05) is 53.6 Å². The molecule has 0 aromatic heterocycles. The van der Waals surface area contributed by atoms with Crippen molar-refractivity contribution in [1.82, 2.24) is 9.80 Å². The van der Waals surface area contributed by atoms with Gasteiger partial charge in [-0.25, -0.2) is 0 Å². The number of hydrogen-bond donors (Lipinski definition) is 1. The lowest BCUT2D eigenvalue weighted by atomic mass is 10.1. The first-order chi connectivity index (χ1) is 12.5. The number of hydrogen-bond acceptors (Lipinski definition) is 6. The maximum atomic E-state index is 13.2. The number of carbonyl (C=O) groups excluding carboxylic acids is 1. The Morgan fingerprint density at radius 2 is 1.81 bits per heavy atom. The van der Waals surface area contributed by atoms with Crippen molar-refractivity contribution in [3.63, 3.8) is 0 Å². The van der Waals surface area contributed by atoms with E-state index in [-0.39, 0.29) is 24.4 Å². The number of rotatable bonds is 5. The maximum Gasteiger partial charge on any atom is 0.317 e. The summed E-state index contributed by atoms with van der Waals surface area (Å²) in [5.74, 6) is 0.197. The smallest absolute Gasteiger partial charge is 0.317 e. The average Bonchev–Trinajstić information content (AvgIpc) is 2.90. The van der Waals surface area contributed by atoms with Gasteiger partial charge in [0.05, 0.1) is 40.0 Å². The fraction of sp³-hybridized carbons (Fsp3) is 0.556. The molecule has 0 spiro atoms. The second-order valence-corrected chi connectivity index (χ2v) is 6.70. The highest BCUT2D eigenvalue weighted by Gasteiger charge is 2.36. The minimum Gasteiger partial charge on any atom is -0.497 e. The maximum absolute atomic E-state index is 13.2. The standard InChI is InChI=1S/C18H24N2O6/c1-24-15-3-13(4-16(5-15)25-2)18(23)20-7-12-6-19(9-17(21)22)8-14(20)11-26-10-12/h3-5,12,14H,6-11H2,1-2H3,(H,21,22)/t12-,14-/m0/s1. The zero-order valence-corrected chi connectivity index (χ0v) is 15.0. The van der Waals surface area contributed by atoms with Crippen LogP contribution in [0.15, 0.2) is 18.2 Å². The largest absolute Gasteiger partial charge is 0.497 e. The number of fused-ring (bicyclic) bond motifs is 3. The van der Waals surface area contributed by atoms with E-state index in [1.165, 1.54) is 0 Å². The quantitative estimate of drug-likeness (QED) is 0.817. The molecule has 2 fully saturated rings. The van der Waals surface area contributed by atoms with Gasteiger partial charge in [0.2, 0.25) is 0 Å². The van der Waals surface area contributed by atoms with Crippen LogP contribution in [0.1, 0.15) is 10.4 Å². The SMILES string of the molecule is COc1cc(OC)cc(C(=O)N2C[C@H]3COC[C@@H]2CN(CC(=O)O)C3)c1. The van der Waals surface area contributed by atoms with E-state index in [1.807, 2.05) is 4.90 Å². The molecular formula is C18H24N2O6. The van der Waals surface area contributed by atoms with Crippen LogP contribution in [-0.4, -0.2) is 86.4 Å². The fourth-order valence-corrected chi connectivity index (χ4v) is 3.61. The highest BCUT2D eigenvalue weighted by atomic mass is 16.5. The van der Waals surface area contributed by atoms with Gasteiger partial charge in [-0.1, -0.05) is 0 Å². The Labute approximate surface area is 152 Å². The van der Waals surface area contributed by atoms with Crippen LogP contribution >= 0.6 is 0 Å². The molecule has 2 heterocycles. The number of ether oxygens (including phenoxy) is 3. The van der Waals surface area contributed by atoms with E-state index in [9.17, 15) is 9.59 Å². The molecule has 26 heavy (non-hydrogen) atoms. The van der Waals surface area contributed by atoms with Crippen molar-refractivity contribution in [2.24, 2.45) is 5.92 Å². The molecule has 2 atom stereocenters. The van der Waals surface area contributed by atoms with Gasteiger partial charge in [0.25, 0.3) is 5.91 Å². The fourth-order valence-electron chi connectivity index (χ4n) is 3.61. The van der Waals surface area contributed by atoms with Crippen LogP contribution in [0.25, 0.3) is 0 Å². The molecule has 0 saturated carbocycles. The molecule has 1 aromatic rings. The Morgan fingerprint density at radius 1 is 1.12 bits per heavy atom. The summed E-state index contributed by atoms with van der Waals surface area (Å²) in [5, 5.41) is 9.11. The monoisotopic (exact) mass is 364 g/mol. The van der Waals surface area contributed by atoms with Crippen molar-refractivity contribution < 1.29 is 28.9 Å². The molecule has 8 heteroatoms. The van der Waals surface area contributed by atoms with Crippen LogP contribution in [0.4, 0.5) is 0 Å². The second kappa shape index (κ2) is 7.92. The van der Waals surface area contributed by atoms with E-state index in [1.54, 1.807) is 37.3 Å². The molecule has 142 valence electrons. The van der Waals surface area contributed by atoms with Gasteiger partial charge in [-0.15, -0.1) is 0 Å². The Balaban J connectivity index is 1.86. The molecule has 1 amide bonds. The van der Waals surface area contributed by atoms with E-state index in [2.05, 4.69) is 0 Å². The van der Waals surface area contributed by atoms with E-state index >= 15 is 0 Å². The topological polar surface area (TPSA) is 88.5 Å². The molecule has 2 saturated heterocycles. The summed E-state index contributed by atoms with van der Waals surface area (Å²) in [6, 6.07) is 4.91. The number of carboxylic acid groups (broad SMARTS) is 1. The molecule has 1 N–H and O–H groups in total. The number of benzene rings is 1. The van der Waals surface area contributed by atoms with Gasteiger partial charge >= 0.3 is 5.97 Å². The molecule has 0 aliphatic carbocycles. The zero-order valence-electron chi connectivity index (χ0n) is 15.0. The van der Waals surface area contributed by atoms with Crippen molar-refractivity contribution in [1.29, 1.82) is 0 Å². The lowest BCUT2D eigenvalue weighted by Crippen LogP contribution is -2.47. The van der Waals surface area contributed by atoms with Crippen LogP contribution < -0.4 is 9.47 Å². The van der Waals surface area contributed by atoms with Crippen molar-refractivity contribution in [3.05, 3.63) is 23.8 Å². The Hall–Kier alpha value is -2.32. The molecule has 2 bridgehead atoms. The third kappa shape index (κ3) is 4.08. The number of carboxylic acids is 1. The van der Waals surface area contributed by atoms with E-state index in [0.717, 1.165) is 0 Å². The summed E-state index contributed by atoms with van der Waals surface area (Å²) in [5.41, 5.74) is 0.485. The van der Waals surface area contributed by atoms with Crippen molar-refractivity contribution in [2.45, 2.75) is 6.04 Å². The van der Waals surface area contributed by atoms with E-state index in [4.69, 9.17) is 19.3 Å². The predicted octanol–water partition coefficient (Wildman–Crippen LogP) is 0.561. The first-order valence-electron chi connectivity index (χ1n) is 8.56. The van der Waals surface area contributed by atoms with Gasteiger partial charge in [-0.05, 0) is 12.1 Å². The van der Waals surface area contributed by atoms with Crippen LogP contribution in [-0.2, 0) is 9.53 Å². The Morgan fingerprint density at radius 3 is 2.42 bits per heavy atom. The summed E-state index contributed by atoms with van der Waals surface area (Å²) in [7, 11) is 3.08. The molecule has 8 nitrogen and oxygen atoms in total. The number of methoxy groups -OCH3 is 2. The molecule has 1 aromatic carbocycles. The van der Waals surface area contributed by atoms with Gasteiger partial charge in [0.1, 0.15) is 11.5 Å². The number of amides is 1. The highest BCUT2D eigenvalue weighted by Crippen LogP contribution is 2.26. The molecule has 2 aliphatic rings. The van der Waals surface area contributed by atoms with Crippen LogP contribution in [0.2, 0.25) is 0 Å². The van der Waals surface area contributed by atoms with Gasteiger partial charge in [0, 0.05) is 37.2 Å². The Bertz CT molecular complexity index is 657. The van der Waals surface area contributed by atoms with Crippen molar-refractivity contribution >= 4 is 11.9 Å². The zero-order chi connectivity index (χ0) is 18.7. The summed E-state index contributed by atoms with van der Waals surface area (Å²) in [6.45, 7) is 2.53. The minimum atomic E-state index is -0.860. The Kier molecular flexibility index (Phi) is 5.63. The summed E-state index contributed by atoms with van der Waals surface area (Å²) in [4.78, 5) is 28.0. The lowest BCUT2D eigenvalue weighted by Gasteiger charge is -2.30. The van der Waals surface area contributed by atoms with E-state index < -0.39 is 5.97 Å². The average molecular weight is 364 g/mol. The molecule has 0 radical (unpaired) electrons. The summed E-state index contributed by atoms with van der Waals surface area (Å²) >= 11 is 0. The third-order valence-corrected chi connectivity index (χ3v) is 4.76. The van der Waals surface area contributed by atoms with Gasteiger partial charge in [0.15, 0.2) is 0 Å². The van der Waals surface area contributed by atoms with Crippen molar-refractivity contribution in [3.8, 4) is 11.5 Å². The summed E-state index contributed by atoms with van der Waals surface area (Å²) < 4.78 is 16.2. The number of aliphatic carboxylic acids is 1. The summed E-state index contributed by atoms with van der Waals surface area (Å²) in [6.07, 6.45) is 0. The highest BCUT2D eigenvalue weighted by molar-refractivity contribution is 5.95. The minimum absolute atomic E-state index is 0.0258. The third-order valence-electron chi connectivity index (χ3n) is 4.76. The lowest BCUT2D eigenvalue weighted by molar-refractivity contribution is -0.138.